The highest BCUT2D eigenvalue weighted by Gasteiger charge is 2.18. The molecule has 142 valence electrons. The fraction of sp³-hybridized carbons (Fsp3) is 0.222. The van der Waals surface area contributed by atoms with Crippen molar-refractivity contribution in [2.45, 2.75) is 31.1 Å². The van der Waals surface area contributed by atoms with Gasteiger partial charge in [-0.25, -0.2) is 8.42 Å². The van der Waals surface area contributed by atoms with Crippen LogP contribution in [0.5, 0.6) is 0 Å². The van der Waals surface area contributed by atoms with E-state index in [1.807, 2.05) is 13.8 Å². The predicted molar refractivity (Wildman–Crippen MR) is 105 cm³/mol. The summed E-state index contributed by atoms with van der Waals surface area (Å²) in [7, 11) is -3.85. The molecule has 0 spiro atoms. The van der Waals surface area contributed by atoms with Gasteiger partial charge in [0, 0.05) is 23.0 Å². The number of anilines is 1. The van der Waals surface area contributed by atoms with E-state index in [9.17, 15) is 8.42 Å². The van der Waals surface area contributed by atoms with E-state index in [1.54, 1.807) is 24.3 Å². The molecule has 0 radical (unpaired) electrons. The number of rotatable bonds is 6. The highest BCUT2D eigenvalue weighted by Crippen LogP contribution is 2.27. The van der Waals surface area contributed by atoms with Gasteiger partial charge in [-0.2, -0.15) is 4.98 Å². The number of nitrogens with one attached hydrogen (secondary N) is 1. The van der Waals surface area contributed by atoms with E-state index in [0.29, 0.717) is 23.8 Å². The smallest absolute Gasteiger partial charge is 0.263 e. The largest absolute Gasteiger partial charge is 0.339 e. The molecule has 3 rings (SSSR count). The summed E-state index contributed by atoms with van der Waals surface area (Å²) in [5.74, 6) is 1.34. The number of hydrogen-bond acceptors (Lipinski definition) is 5. The Kier molecular flexibility index (Phi) is 5.74. The van der Waals surface area contributed by atoms with Gasteiger partial charge in [-0.15, -0.1) is 0 Å². The second kappa shape index (κ2) is 7.88. The molecule has 9 heteroatoms. The Morgan fingerprint density at radius 1 is 1.11 bits per heavy atom. The van der Waals surface area contributed by atoms with Gasteiger partial charge < -0.3 is 4.52 Å². The van der Waals surface area contributed by atoms with E-state index in [1.165, 1.54) is 18.2 Å². The third-order valence-electron chi connectivity index (χ3n) is 3.73. The molecule has 0 aliphatic heterocycles. The van der Waals surface area contributed by atoms with Crippen LogP contribution in [-0.4, -0.2) is 18.6 Å². The Morgan fingerprint density at radius 3 is 2.44 bits per heavy atom. The highest BCUT2D eigenvalue weighted by molar-refractivity contribution is 7.92. The molecule has 0 fully saturated rings. The van der Waals surface area contributed by atoms with Crippen LogP contribution in [0.4, 0.5) is 5.69 Å². The summed E-state index contributed by atoms with van der Waals surface area (Å²) < 4.78 is 32.7. The molecule has 1 aromatic heterocycles. The molecule has 0 atom stereocenters. The molecular weight excluding hydrogens is 409 g/mol. The van der Waals surface area contributed by atoms with Crippen LogP contribution in [-0.2, 0) is 16.4 Å². The van der Waals surface area contributed by atoms with Crippen LogP contribution in [0.25, 0.3) is 0 Å². The van der Waals surface area contributed by atoms with Crippen LogP contribution < -0.4 is 4.72 Å². The van der Waals surface area contributed by atoms with E-state index >= 15 is 0 Å². The number of aromatic nitrogens is 2. The molecule has 3 aromatic rings. The molecule has 0 saturated carbocycles. The maximum absolute atomic E-state index is 12.5. The van der Waals surface area contributed by atoms with Crippen molar-refractivity contribution in [3.8, 4) is 0 Å². The lowest BCUT2D eigenvalue weighted by molar-refractivity contribution is 0.361. The van der Waals surface area contributed by atoms with Crippen LogP contribution in [0.2, 0.25) is 10.0 Å². The Balaban J connectivity index is 1.74. The van der Waals surface area contributed by atoms with Crippen molar-refractivity contribution < 1.29 is 12.9 Å². The average molecular weight is 426 g/mol. The van der Waals surface area contributed by atoms with E-state index in [-0.39, 0.29) is 20.9 Å². The van der Waals surface area contributed by atoms with Gasteiger partial charge in [0.15, 0.2) is 5.82 Å². The Labute approximate surface area is 167 Å². The van der Waals surface area contributed by atoms with Crippen LogP contribution in [0.1, 0.15) is 37.0 Å². The minimum atomic E-state index is -3.85. The van der Waals surface area contributed by atoms with Gasteiger partial charge in [0.2, 0.25) is 5.89 Å². The number of hydrogen-bond donors (Lipinski definition) is 1. The second-order valence-corrected chi connectivity index (χ2v) is 8.75. The number of benzene rings is 2. The fourth-order valence-corrected chi connectivity index (χ4v) is 4.16. The maximum atomic E-state index is 12.5. The van der Waals surface area contributed by atoms with Gasteiger partial charge >= 0.3 is 0 Å². The van der Waals surface area contributed by atoms with Gasteiger partial charge in [0.1, 0.15) is 4.90 Å². The van der Waals surface area contributed by atoms with E-state index in [4.69, 9.17) is 27.7 Å². The quantitative estimate of drug-likeness (QED) is 0.607. The first-order valence-corrected chi connectivity index (χ1v) is 10.4. The topological polar surface area (TPSA) is 85.1 Å². The molecule has 0 aliphatic carbocycles. The van der Waals surface area contributed by atoms with Crippen LogP contribution in [0.3, 0.4) is 0 Å². The molecule has 0 saturated heterocycles. The van der Waals surface area contributed by atoms with Crippen LogP contribution in [0, 0.1) is 0 Å². The fourth-order valence-electron chi connectivity index (χ4n) is 2.34. The van der Waals surface area contributed by atoms with Crippen molar-refractivity contribution in [2.24, 2.45) is 0 Å². The molecule has 0 bridgehead atoms. The molecule has 0 aliphatic rings. The zero-order valence-corrected chi connectivity index (χ0v) is 16.9. The van der Waals surface area contributed by atoms with Crippen molar-refractivity contribution in [2.75, 3.05) is 4.72 Å². The first-order valence-electron chi connectivity index (χ1n) is 8.14. The Morgan fingerprint density at radius 2 is 1.81 bits per heavy atom. The van der Waals surface area contributed by atoms with Gasteiger partial charge in [-0.05, 0) is 35.9 Å². The molecule has 1 heterocycles. The lowest BCUT2D eigenvalue weighted by atomic mass is 10.1. The maximum Gasteiger partial charge on any atom is 0.263 e. The molecule has 6 nitrogen and oxygen atoms in total. The molecule has 0 unspecified atom stereocenters. The third-order valence-corrected chi connectivity index (χ3v) is 5.83. The molecule has 2 aromatic carbocycles. The second-order valence-electron chi connectivity index (χ2n) is 6.26. The van der Waals surface area contributed by atoms with Crippen LogP contribution >= 0.6 is 23.2 Å². The standard InChI is InChI=1S/C18H17Cl2N3O3S/c1-11(2)18-21-17(22-26-18)9-12-3-6-14(7-4-12)23-27(24,25)16-10-13(19)5-8-15(16)20/h3-8,10-11,23H,9H2,1-2H3. The van der Waals surface area contributed by atoms with Gasteiger partial charge in [-0.3, -0.25) is 4.72 Å². The summed E-state index contributed by atoms with van der Waals surface area (Å²) in [6.45, 7) is 3.95. The number of halogens is 2. The van der Waals surface area contributed by atoms with Gasteiger partial charge in [-0.1, -0.05) is 54.3 Å². The van der Waals surface area contributed by atoms with Crippen LogP contribution in [0.15, 0.2) is 51.9 Å². The lowest BCUT2D eigenvalue weighted by Gasteiger charge is -2.10. The monoisotopic (exact) mass is 425 g/mol. The zero-order chi connectivity index (χ0) is 19.6. The summed E-state index contributed by atoms with van der Waals surface area (Å²) in [4.78, 5) is 4.25. The first-order chi connectivity index (χ1) is 12.7. The van der Waals surface area contributed by atoms with Gasteiger partial charge in [0.25, 0.3) is 10.0 Å². The first kappa shape index (κ1) is 19.7. The summed E-state index contributed by atoms with van der Waals surface area (Å²) in [5.41, 5.74) is 1.33. The van der Waals surface area contributed by atoms with Crippen molar-refractivity contribution in [1.82, 2.24) is 10.1 Å². The van der Waals surface area contributed by atoms with Crippen molar-refractivity contribution in [3.63, 3.8) is 0 Å². The SMILES string of the molecule is CC(C)c1nc(Cc2ccc(NS(=O)(=O)c3cc(Cl)ccc3Cl)cc2)no1. The Bertz CT molecular complexity index is 1050. The summed E-state index contributed by atoms with van der Waals surface area (Å²) >= 11 is 11.9. The molecule has 0 amide bonds. The number of nitrogens with zero attached hydrogens (tertiary/aromatic N) is 2. The molecular formula is C18H17Cl2N3O3S. The van der Waals surface area contributed by atoms with E-state index in [0.717, 1.165) is 5.56 Å². The molecule has 27 heavy (non-hydrogen) atoms. The predicted octanol–water partition coefficient (Wildman–Crippen LogP) is 4.89. The number of sulfonamides is 1. The summed E-state index contributed by atoms with van der Waals surface area (Å²) in [6.07, 6.45) is 0.489. The van der Waals surface area contributed by atoms with Crippen molar-refractivity contribution >= 4 is 38.9 Å². The van der Waals surface area contributed by atoms with Gasteiger partial charge in [0.05, 0.1) is 5.02 Å². The van der Waals surface area contributed by atoms with E-state index in [2.05, 4.69) is 14.9 Å². The third kappa shape index (κ3) is 4.80. The van der Waals surface area contributed by atoms with E-state index < -0.39 is 10.0 Å². The minimum absolute atomic E-state index is 0.0752. The normalized spacial score (nSPS) is 11.7. The zero-order valence-electron chi connectivity index (χ0n) is 14.6. The summed E-state index contributed by atoms with van der Waals surface area (Å²) in [5, 5.41) is 4.33. The minimum Gasteiger partial charge on any atom is -0.339 e. The lowest BCUT2D eigenvalue weighted by Crippen LogP contribution is -2.13. The highest BCUT2D eigenvalue weighted by atomic mass is 35.5. The Hall–Kier alpha value is -2.09. The average Bonchev–Trinajstić information content (AvgIpc) is 3.07. The summed E-state index contributed by atoms with van der Waals surface area (Å²) in [6, 6.07) is 11.2. The van der Waals surface area contributed by atoms with Crippen molar-refractivity contribution in [1.29, 1.82) is 0 Å². The van der Waals surface area contributed by atoms with Crippen molar-refractivity contribution in [3.05, 3.63) is 69.8 Å². The molecule has 1 N–H and O–H groups in total.